The van der Waals surface area contributed by atoms with Crippen LogP contribution < -0.4 is 0 Å². The zero-order valence-corrected chi connectivity index (χ0v) is 17.7. The molecule has 1 saturated carbocycles. The Kier molecular flexibility index (Phi) is 7.86. The number of benzene rings is 3. The van der Waals surface area contributed by atoms with Crippen molar-refractivity contribution in [2.45, 2.75) is 44.6 Å². The number of aliphatic hydroxyl groups excluding tert-OH is 1. The van der Waals surface area contributed by atoms with E-state index in [-0.39, 0.29) is 18.1 Å². The first-order valence-corrected chi connectivity index (χ1v) is 10.9. The van der Waals surface area contributed by atoms with Crippen LogP contribution in [0, 0.1) is 5.92 Å². The first-order valence-electron chi connectivity index (χ1n) is 10.9. The van der Waals surface area contributed by atoms with E-state index in [0.29, 0.717) is 32.8 Å². The van der Waals surface area contributed by atoms with Crippen molar-refractivity contribution in [3.8, 4) is 0 Å². The summed E-state index contributed by atoms with van der Waals surface area (Å²) in [5.41, 5.74) is 3.33. The van der Waals surface area contributed by atoms with Crippen molar-refractivity contribution in [3.05, 3.63) is 108 Å². The molecule has 162 valence electrons. The minimum absolute atomic E-state index is 0.0724. The SMILES string of the molecule is O[C@H]1C[C@H](COCc2ccccc2)C(OCc2ccccc2)C1OCc1ccccc1. The predicted octanol–water partition coefficient (Wildman–Crippen LogP) is 4.75. The quantitative estimate of drug-likeness (QED) is 0.516. The second-order valence-electron chi connectivity index (χ2n) is 8.09. The third kappa shape index (κ3) is 6.25. The molecule has 0 aliphatic heterocycles. The van der Waals surface area contributed by atoms with Gasteiger partial charge in [0.25, 0.3) is 0 Å². The van der Waals surface area contributed by atoms with Crippen molar-refractivity contribution in [2.24, 2.45) is 5.92 Å². The molecule has 4 atom stereocenters. The molecule has 0 aromatic heterocycles. The monoisotopic (exact) mass is 418 g/mol. The van der Waals surface area contributed by atoms with Crippen molar-refractivity contribution in [2.75, 3.05) is 6.61 Å². The molecule has 0 heterocycles. The maximum Gasteiger partial charge on any atom is 0.110 e. The van der Waals surface area contributed by atoms with Crippen molar-refractivity contribution in [1.82, 2.24) is 0 Å². The Bertz CT molecular complexity index is 885. The van der Waals surface area contributed by atoms with E-state index >= 15 is 0 Å². The van der Waals surface area contributed by atoms with Crippen LogP contribution in [0.5, 0.6) is 0 Å². The van der Waals surface area contributed by atoms with E-state index in [4.69, 9.17) is 14.2 Å². The van der Waals surface area contributed by atoms with Gasteiger partial charge < -0.3 is 19.3 Å². The number of rotatable bonds is 10. The van der Waals surface area contributed by atoms with Gasteiger partial charge in [0, 0.05) is 5.92 Å². The van der Waals surface area contributed by atoms with Crippen molar-refractivity contribution < 1.29 is 19.3 Å². The molecule has 1 aliphatic carbocycles. The summed E-state index contributed by atoms with van der Waals surface area (Å²) < 4.78 is 18.5. The molecule has 1 fully saturated rings. The van der Waals surface area contributed by atoms with E-state index in [1.54, 1.807) is 0 Å². The highest BCUT2D eigenvalue weighted by Crippen LogP contribution is 2.33. The van der Waals surface area contributed by atoms with Crippen LogP contribution in [0.25, 0.3) is 0 Å². The summed E-state index contributed by atoms with van der Waals surface area (Å²) in [5, 5.41) is 10.8. The van der Waals surface area contributed by atoms with Crippen LogP contribution in [0.3, 0.4) is 0 Å². The summed E-state index contributed by atoms with van der Waals surface area (Å²) in [7, 11) is 0. The summed E-state index contributed by atoms with van der Waals surface area (Å²) in [5.74, 6) is 0.0724. The number of aliphatic hydroxyl groups is 1. The molecule has 2 unspecified atom stereocenters. The molecule has 0 saturated heterocycles. The van der Waals surface area contributed by atoms with Gasteiger partial charge in [0.05, 0.1) is 38.6 Å². The predicted molar refractivity (Wildman–Crippen MR) is 120 cm³/mol. The zero-order valence-electron chi connectivity index (χ0n) is 17.7. The Labute approximate surface area is 184 Å². The van der Waals surface area contributed by atoms with E-state index < -0.39 is 6.10 Å². The fraction of sp³-hybridized carbons (Fsp3) is 0.333. The van der Waals surface area contributed by atoms with Gasteiger partial charge in [-0.15, -0.1) is 0 Å². The van der Waals surface area contributed by atoms with Crippen molar-refractivity contribution >= 4 is 0 Å². The molecular weight excluding hydrogens is 388 g/mol. The molecule has 31 heavy (non-hydrogen) atoms. The molecule has 4 rings (SSSR count). The third-order valence-electron chi connectivity index (χ3n) is 5.73. The van der Waals surface area contributed by atoms with Crippen LogP contribution in [0.4, 0.5) is 0 Å². The van der Waals surface area contributed by atoms with Crippen LogP contribution in [0.15, 0.2) is 91.0 Å². The Morgan fingerprint density at radius 3 is 1.58 bits per heavy atom. The summed E-state index contributed by atoms with van der Waals surface area (Å²) >= 11 is 0. The first-order chi connectivity index (χ1) is 15.3. The molecule has 3 aromatic carbocycles. The average Bonchev–Trinajstić information content (AvgIpc) is 3.12. The minimum Gasteiger partial charge on any atom is -0.390 e. The molecule has 0 spiro atoms. The fourth-order valence-electron chi connectivity index (χ4n) is 4.10. The van der Waals surface area contributed by atoms with Crippen molar-refractivity contribution in [3.63, 3.8) is 0 Å². The Morgan fingerprint density at radius 1 is 0.613 bits per heavy atom. The molecule has 4 heteroatoms. The lowest BCUT2D eigenvalue weighted by atomic mass is 10.1. The average molecular weight is 419 g/mol. The van der Waals surface area contributed by atoms with Crippen LogP contribution in [-0.4, -0.2) is 30.0 Å². The van der Waals surface area contributed by atoms with Gasteiger partial charge in [-0.3, -0.25) is 0 Å². The van der Waals surface area contributed by atoms with E-state index in [2.05, 4.69) is 12.1 Å². The molecule has 4 nitrogen and oxygen atoms in total. The van der Waals surface area contributed by atoms with E-state index in [0.717, 1.165) is 16.7 Å². The van der Waals surface area contributed by atoms with Crippen molar-refractivity contribution in [1.29, 1.82) is 0 Å². The minimum atomic E-state index is -0.574. The highest BCUT2D eigenvalue weighted by atomic mass is 16.6. The Balaban J connectivity index is 1.39. The lowest BCUT2D eigenvalue weighted by Gasteiger charge is -2.26. The molecule has 0 radical (unpaired) electrons. The van der Waals surface area contributed by atoms with Gasteiger partial charge in [-0.25, -0.2) is 0 Å². The number of hydrogen-bond acceptors (Lipinski definition) is 4. The largest absolute Gasteiger partial charge is 0.390 e. The van der Waals surface area contributed by atoms with Gasteiger partial charge in [-0.1, -0.05) is 91.0 Å². The van der Waals surface area contributed by atoms with Crippen LogP contribution in [0.2, 0.25) is 0 Å². The van der Waals surface area contributed by atoms with Gasteiger partial charge in [-0.05, 0) is 23.1 Å². The number of hydrogen-bond donors (Lipinski definition) is 1. The normalized spacial score (nSPS) is 23.1. The molecule has 1 aliphatic rings. The van der Waals surface area contributed by atoms with E-state index in [1.807, 2.05) is 78.9 Å². The zero-order chi connectivity index (χ0) is 21.3. The second kappa shape index (κ2) is 11.2. The smallest absolute Gasteiger partial charge is 0.110 e. The van der Waals surface area contributed by atoms with Gasteiger partial charge in [-0.2, -0.15) is 0 Å². The van der Waals surface area contributed by atoms with Gasteiger partial charge in [0.1, 0.15) is 6.10 Å². The Hall–Kier alpha value is -2.50. The maximum absolute atomic E-state index is 10.8. The molecule has 0 amide bonds. The molecule has 0 bridgehead atoms. The fourth-order valence-corrected chi connectivity index (χ4v) is 4.10. The van der Waals surface area contributed by atoms with E-state index in [1.165, 1.54) is 0 Å². The molecular formula is C27H30O4. The van der Waals surface area contributed by atoms with Crippen LogP contribution in [-0.2, 0) is 34.0 Å². The summed E-state index contributed by atoms with van der Waals surface area (Å²) in [4.78, 5) is 0. The van der Waals surface area contributed by atoms with Gasteiger partial charge >= 0.3 is 0 Å². The topological polar surface area (TPSA) is 47.9 Å². The second-order valence-corrected chi connectivity index (χ2v) is 8.09. The Morgan fingerprint density at radius 2 is 1.06 bits per heavy atom. The van der Waals surface area contributed by atoms with Gasteiger partial charge in [0.2, 0.25) is 0 Å². The number of ether oxygens (including phenoxy) is 3. The molecule has 3 aromatic rings. The van der Waals surface area contributed by atoms with Crippen LogP contribution >= 0.6 is 0 Å². The van der Waals surface area contributed by atoms with Crippen LogP contribution in [0.1, 0.15) is 23.1 Å². The molecule has 1 N–H and O–H groups in total. The summed E-state index contributed by atoms with van der Waals surface area (Å²) in [6.45, 7) is 2.01. The highest BCUT2D eigenvalue weighted by molar-refractivity contribution is 5.15. The standard InChI is InChI=1S/C27H30O4/c28-25-16-24(20-29-17-21-10-4-1-5-11-21)26(30-18-22-12-6-2-7-13-22)27(25)31-19-23-14-8-3-9-15-23/h1-15,24-28H,16-20H2/t24-,25+,26?,27?/m1/s1. The third-order valence-corrected chi connectivity index (χ3v) is 5.73. The highest BCUT2D eigenvalue weighted by Gasteiger charge is 2.44. The lowest BCUT2D eigenvalue weighted by molar-refractivity contribution is -0.116. The maximum atomic E-state index is 10.8. The first kappa shape index (κ1) is 21.7. The van der Waals surface area contributed by atoms with Gasteiger partial charge in [0.15, 0.2) is 0 Å². The summed E-state index contributed by atoms with van der Waals surface area (Å²) in [6.07, 6.45) is -0.577. The van der Waals surface area contributed by atoms with E-state index in [9.17, 15) is 5.11 Å². The lowest BCUT2D eigenvalue weighted by Crippen LogP contribution is -2.37. The summed E-state index contributed by atoms with van der Waals surface area (Å²) in [6, 6.07) is 30.3.